The number of allylic oxidation sites excluding steroid dienone is 1. The van der Waals surface area contributed by atoms with Crippen LogP contribution in [0.4, 0.5) is 5.69 Å². The van der Waals surface area contributed by atoms with Gasteiger partial charge < -0.3 is 24.2 Å². The van der Waals surface area contributed by atoms with Crippen LogP contribution in [0.15, 0.2) is 41.4 Å². The van der Waals surface area contributed by atoms with Crippen molar-refractivity contribution < 1.29 is 28.9 Å². The summed E-state index contributed by atoms with van der Waals surface area (Å²) in [7, 11) is 1.55. The number of benzene rings is 2. The number of methoxy groups -OCH3 is 1. The van der Waals surface area contributed by atoms with Gasteiger partial charge in [0.25, 0.3) is 5.91 Å². The second-order valence-electron chi connectivity index (χ2n) is 8.17. The van der Waals surface area contributed by atoms with Crippen molar-refractivity contribution in [1.29, 1.82) is 0 Å². The molecule has 0 aromatic heterocycles. The fourth-order valence-corrected chi connectivity index (χ4v) is 4.09. The van der Waals surface area contributed by atoms with Crippen LogP contribution in [0.2, 0.25) is 0 Å². The van der Waals surface area contributed by atoms with Crippen molar-refractivity contribution in [3.05, 3.63) is 53.1 Å². The van der Waals surface area contributed by atoms with Crippen molar-refractivity contribution in [3.63, 3.8) is 0 Å². The smallest absolute Gasteiger partial charge is 0.256 e. The largest absolute Gasteiger partial charge is 0.493 e. The minimum Gasteiger partial charge on any atom is -0.493 e. The average molecular weight is 465 g/mol. The normalized spacial score (nSPS) is 16.9. The van der Waals surface area contributed by atoms with E-state index >= 15 is 0 Å². The summed E-state index contributed by atoms with van der Waals surface area (Å²) >= 11 is 0. The molecule has 34 heavy (non-hydrogen) atoms. The Balaban J connectivity index is 1.42. The van der Waals surface area contributed by atoms with Crippen LogP contribution in [0.3, 0.4) is 0 Å². The summed E-state index contributed by atoms with van der Waals surface area (Å²) in [6.45, 7) is 2.40. The highest BCUT2D eigenvalue weighted by atomic mass is 16.5. The van der Waals surface area contributed by atoms with Crippen molar-refractivity contribution in [2.24, 2.45) is 4.99 Å². The first-order valence-electron chi connectivity index (χ1n) is 11.3. The van der Waals surface area contributed by atoms with Crippen LogP contribution in [-0.4, -0.2) is 60.8 Å². The lowest BCUT2D eigenvalue weighted by atomic mass is 10.1. The van der Waals surface area contributed by atoms with Crippen LogP contribution in [0.1, 0.15) is 41.3 Å². The van der Waals surface area contributed by atoms with Gasteiger partial charge in [-0.25, -0.2) is 0 Å². The van der Waals surface area contributed by atoms with E-state index in [-0.39, 0.29) is 37.6 Å². The number of amides is 1. The van der Waals surface area contributed by atoms with Gasteiger partial charge in [0.1, 0.15) is 19.0 Å². The lowest BCUT2D eigenvalue weighted by Crippen LogP contribution is -2.35. The summed E-state index contributed by atoms with van der Waals surface area (Å²) < 4.78 is 17.1. The summed E-state index contributed by atoms with van der Waals surface area (Å²) in [6, 6.07) is 8.78. The zero-order chi connectivity index (χ0) is 24.1. The van der Waals surface area contributed by atoms with Crippen molar-refractivity contribution >= 4 is 29.7 Å². The molecule has 8 nitrogen and oxygen atoms in total. The molecule has 2 aliphatic heterocycles. The van der Waals surface area contributed by atoms with Gasteiger partial charge in [-0.1, -0.05) is 12.1 Å². The van der Waals surface area contributed by atoms with E-state index < -0.39 is 0 Å². The fourth-order valence-electron chi connectivity index (χ4n) is 4.09. The maximum atomic E-state index is 12.9. The molecule has 0 spiro atoms. The van der Waals surface area contributed by atoms with Crippen LogP contribution >= 0.6 is 0 Å². The van der Waals surface area contributed by atoms with Gasteiger partial charge in [0.05, 0.1) is 31.0 Å². The van der Waals surface area contributed by atoms with Crippen molar-refractivity contribution in [1.82, 2.24) is 4.90 Å². The summed E-state index contributed by atoms with van der Waals surface area (Å²) in [5.74, 6) is 1.46. The standard InChI is InChI=1S/C26H28N2O6/c1-17(30)5-6-18-7-8-23(25(12-18)32-2)33-10-11-34-24-14-22-21(13-19(24)16-29)26(31)28-9-3-4-20(28)15-27-22/h5-8,12-15,20,29H,3-4,9-11,16H2,1-2H3/b6-5+/t20-/m1/s1. The Labute approximate surface area is 198 Å². The number of nitrogens with zero attached hydrogens (tertiary/aromatic N) is 2. The lowest BCUT2D eigenvalue weighted by molar-refractivity contribution is -0.112. The Bertz CT molecular complexity index is 1140. The van der Waals surface area contributed by atoms with Gasteiger partial charge in [-0.15, -0.1) is 0 Å². The number of carbonyl (C=O) groups is 2. The monoisotopic (exact) mass is 464 g/mol. The number of hydrogen-bond acceptors (Lipinski definition) is 7. The second kappa shape index (κ2) is 10.5. The van der Waals surface area contributed by atoms with Crippen LogP contribution in [-0.2, 0) is 11.4 Å². The molecular formula is C26H28N2O6. The maximum Gasteiger partial charge on any atom is 0.256 e. The van der Waals surface area contributed by atoms with Gasteiger partial charge in [-0.2, -0.15) is 0 Å². The van der Waals surface area contributed by atoms with E-state index in [0.717, 1.165) is 24.9 Å². The van der Waals surface area contributed by atoms with E-state index in [0.29, 0.717) is 34.1 Å². The predicted octanol–water partition coefficient (Wildman–Crippen LogP) is 3.57. The lowest BCUT2D eigenvalue weighted by Gasteiger charge is -2.20. The molecule has 1 amide bonds. The number of ketones is 1. The molecule has 0 radical (unpaired) electrons. The molecule has 0 saturated carbocycles. The molecule has 1 fully saturated rings. The molecule has 2 heterocycles. The van der Waals surface area contributed by atoms with E-state index in [2.05, 4.69) is 4.99 Å². The third-order valence-corrected chi connectivity index (χ3v) is 5.82. The highest BCUT2D eigenvalue weighted by Crippen LogP contribution is 2.34. The van der Waals surface area contributed by atoms with Gasteiger partial charge in [-0.05, 0) is 49.6 Å². The predicted molar refractivity (Wildman–Crippen MR) is 128 cm³/mol. The SMILES string of the molecule is COc1cc(/C=C/C(C)=O)ccc1OCCOc1cc2c(cc1CO)C(=O)N1CCC[C@@H]1C=N2. The van der Waals surface area contributed by atoms with E-state index in [4.69, 9.17) is 14.2 Å². The third-order valence-electron chi connectivity index (χ3n) is 5.82. The summed E-state index contributed by atoms with van der Waals surface area (Å²) in [5, 5.41) is 9.85. The van der Waals surface area contributed by atoms with Gasteiger partial charge in [-0.3, -0.25) is 14.6 Å². The van der Waals surface area contributed by atoms with Crippen molar-refractivity contribution in [2.75, 3.05) is 26.9 Å². The number of ether oxygens (including phenoxy) is 3. The third kappa shape index (κ3) is 5.12. The van der Waals surface area contributed by atoms with Crippen molar-refractivity contribution in [2.45, 2.75) is 32.4 Å². The number of carbonyl (C=O) groups excluding carboxylic acids is 2. The first-order valence-corrected chi connectivity index (χ1v) is 11.3. The molecule has 1 atom stereocenters. The molecule has 0 bridgehead atoms. The topological polar surface area (TPSA) is 97.7 Å². The Morgan fingerprint density at radius 1 is 1.18 bits per heavy atom. The maximum absolute atomic E-state index is 12.9. The number of rotatable bonds is 9. The number of hydrogen-bond donors (Lipinski definition) is 1. The highest BCUT2D eigenvalue weighted by molar-refractivity contribution is 6.03. The minimum absolute atomic E-state index is 0.0227. The van der Waals surface area contributed by atoms with E-state index in [1.54, 1.807) is 37.5 Å². The molecule has 0 aliphatic carbocycles. The first kappa shape index (κ1) is 23.5. The molecule has 2 aromatic rings. The number of aliphatic imine (C=N–C) groups is 1. The second-order valence-corrected chi connectivity index (χ2v) is 8.17. The minimum atomic E-state index is -0.257. The zero-order valence-corrected chi connectivity index (χ0v) is 19.3. The highest BCUT2D eigenvalue weighted by Gasteiger charge is 2.32. The number of aliphatic hydroxyl groups excluding tert-OH is 1. The molecule has 4 rings (SSSR count). The van der Waals surface area contributed by atoms with Gasteiger partial charge >= 0.3 is 0 Å². The van der Waals surface area contributed by atoms with Crippen LogP contribution in [0.5, 0.6) is 17.2 Å². The van der Waals surface area contributed by atoms with Gasteiger partial charge in [0.15, 0.2) is 17.3 Å². The molecule has 2 aromatic carbocycles. The molecular weight excluding hydrogens is 436 g/mol. The van der Waals surface area contributed by atoms with Crippen LogP contribution in [0.25, 0.3) is 6.08 Å². The summed E-state index contributed by atoms with van der Waals surface area (Å²) in [6.07, 6.45) is 6.90. The molecule has 0 unspecified atom stereocenters. The number of fused-ring (bicyclic) bond motifs is 2. The Morgan fingerprint density at radius 2 is 1.97 bits per heavy atom. The summed E-state index contributed by atoms with van der Waals surface area (Å²) in [5.41, 5.74) is 2.38. The van der Waals surface area contributed by atoms with E-state index in [1.165, 1.54) is 13.0 Å². The molecule has 8 heteroatoms. The van der Waals surface area contributed by atoms with Gasteiger partial charge in [0, 0.05) is 24.4 Å². The molecule has 2 aliphatic rings. The van der Waals surface area contributed by atoms with Crippen molar-refractivity contribution in [3.8, 4) is 17.2 Å². The van der Waals surface area contributed by atoms with Crippen LogP contribution < -0.4 is 14.2 Å². The van der Waals surface area contributed by atoms with Crippen LogP contribution in [0, 0.1) is 0 Å². The Kier molecular flexibility index (Phi) is 7.27. The van der Waals surface area contributed by atoms with Gasteiger partial charge in [0.2, 0.25) is 0 Å². The molecule has 1 N–H and O–H groups in total. The summed E-state index contributed by atoms with van der Waals surface area (Å²) in [4.78, 5) is 30.4. The van der Waals surface area contributed by atoms with E-state index in [9.17, 15) is 14.7 Å². The van der Waals surface area contributed by atoms with E-state index in [1.807, 2.05) is 17.2 Å². The number of aliphatic hydroxyl groups is 1. The quantitative estimate of drug-likeness (QED) is 0.450. The Hall–Kier alpha value is -3.65. The molecule has 178 valence electrons. The Morgan fingerprint density at radius 3 is 2.71 bits per heavy atom. The molecule has 1 saturated heterocycles. The fraction of sp³-hybridized carbons (Fsp3) is 0.346. The average Bonchev–Trinajstić information content (AvgIpc) is 3.27. The first-order chi connectivity index (χ1) is 16.5. The zero-order valence-electron chi connectivity index (χ0n) is 19.3.